The van der Waals surface area contributed by atoms with Crippen molar-refractivity contribution in [2.45, 2.75) is 13.0 Å². The molecule has 1 atom stereocenters. The Morgan fingerprint density at radius 3 is 2.70 bits per heavy atom. The molecule has 0 saturated carbocycles. The average molecular weight is 335 g/mol. The van der Waals surface area contributed by atoms with E-state index in [2.05, 4.69) is 10.6 Å². The molecule has 1 unspecified atom stereocenters. The molecule has 0 aromatic heterocycles. The highest BCUT2D eigenvalue weighted by Crippen LogP contribution is 2.25. The fourth-order valence-corrected chi connectivity index (χ4v) is 2.12. The van der Waals surface area contributed by atoms with E-state index in [1.165, 1.54) is 6.92 Å². The van der Waals surface area contributed by atoms with Gasteiger partial charge in [0.05, 0.1) is 10.7 Å². The molecule has 6 heteroatoms. The van der Waals surface area contributed by atoms with Gasteiger partial charge in [-0.3, -0.25) is 4.79 Å². The summed E-state index contributed by atoms with van der Waals surface area (Å²) in [6, 6.07) is 14.4. The van der Waals surface area contributed by atoms with Gasteiger partial charge in [-0.1, -0.05) is 29.8 Å². The Balaban J connectivity index is 1.85. The van der Waals surface area contributed by atoms with Crippen molar-refractivity contribution >= 4 is 28.9 Å². The highest BCUT2D eigenvalue weighted by Gasteiger charge is 2.08. The van der Waals surface area contributed by atoms with Crippen LogP contribution < -0.4 is 15.4 Å². The largest absolute Gasteiger partial charge is 0.491 e. The van der Waals surface area contributed by atoms with Gasteiger partial charge in [-0.2, -0.15) is 0 Å². The summed E-state index contributed by atoms with van der Waals surface area (Å²) in [5.74, 6) is 0.548. The number of benzene rings is 2. The Labute approximate surface area is 140 Å². The molecule has 0 aliphatic heterocycles. The van der Waals surface area contributed by atoms with E-state index in [-0.39, 0.29) is 19.1 Å². The van der Waals surface area contributed by atoms with E-state index >= 15 is 0 Å². The van der Waals surface area contributed by atoms with Gasteiger partial charge in [0.15, 0.2) is 0 Å². The third-order valence-electron chi connectivity index (χ3n) is 3.00. The quantitative estimate of drug-likeness (QED) is 0.727. The first-order valence-electron chi connectivity index (χ1n) is 7.21. The zero-order valence-corrected chi connectivity index (χ0v) is 13.5. The molecule has 0 heterocycles. The van der Waals surface area contributed by atoms with Crippen molar-refractivity contribution in [1.82, 2.24) is 0 Å². The van der Waals surface area contributed by atoms with Crippen LogP contribution in [0.5, 0.6) is 5.75 Å². The number of carbonyl (C=O) groups excluding carboxylic acids is 1. The summed E-state index contributed by atoms with van der Waals surface area (Å²) in [7, 11) is 0. The minimum absolute atomic E-state index is 0.158. The molecule has 0 aliphatic carbocycles. The van der Waals surface area contributed by atoms with Crippen molar-refractivity contribution in [2.75, 3.05) is 23.8 Å². The average Bonchev–Trinajstić information content (AvgIpc) is 2.54. The minimum atomic E-state index is -0.698. The van der Waals surface area contributed by atoms with Gasteiger partial charge < -0.3 is 20.5 Å². The number of nitrogens with one attached hydrogen (secondary N) is 2. The summed E-state index contributed by atoms with van der Waals surface area (Å²) in [4.78, 5) is 11.1. The lowest BCUT2D eigenvalue weighted by Gasteiger charge is -2.15. The Kier molecular flexibility index (Phi) is 6.26. The van der Waals surface area contributed by atoms with Crippen LogP contribution in [-0.4, -0.2) is 30.3 Å². The first kappa shape index (κ1) is 17.1. The Hall–Kier alpha value is -2.24. The summed E-state index contributed by atoms with van der Waals surface area (Å²) in [5.41, 5.74) is 1.27. The van der Waals surface area contributed by atoms with Gasteiger partial charge in [-0.15, -0.1) is 0 Å². The zero-order valence-electron chi connectivity index (χ0n) is 12.8. The van der Waals surface area contributed by atoms with Gasteiger partial charge in [0, 0.05) is 19.2 Å². The van der Waals surface area contributed by atoms with Gasteiger partial charge in [-0.25, -0.2) is 0 Å². The van der Waals surface area contributed by atoms with Crippen molar-refractivity contribution in [1.29, 1.82) is 0 Å². The van der Waals surface area contributed by atoms with Crippen LogP contribution in [-0.2, 0) is 4.79 Å². The molecule has 0 fully saturated rings. The SMILES string of the molecule is CC(=O)Nc1ccc(Cl)c(NCC(O)COc2ccccc2)c1. The van der Waals surface area contributed by atoms with Crippen LogP contribution in [0.2, 0.25) is 5.02 Å². The van der Waals surface area contributed by atoms with Crippen LogP contribution in [0.25, 0.3) is 0 Å². The standard InChI is InChI=1S/C17H19ClN2O3/c1-12(21)20-13-7-8-16(18)17(9-13)19-10-14(22)11-23-15-5-3-2-4-6-15/h2-9,14,19,22H,10-11H2,1H3,(H,20,21). The molecule has 2 aromatic carbocycles. The number of aliphatic hydroxyl groups excluding tert-OH is 1. The fourth-order valence-electron chi connectivity index (χ4n) is 1.94. The maximum atomic E-state index is 11.1. The molecule has 0 spiro atoms. The number of amides is 1. The second kappa shape index (κ2) is 8.41. The number of ether oxygens (including phenoxy) is 1. The van der Waals surface area contributed by atoms with Crippen LogP contribution in [0.1, 0.15) is 6.92 Å². The van der Waals surface area contributed by atoms with Crippen molar-refractivity contribution in [2.24, 2.45) is 0 Å². The van der Waals surface area contributed by atoms with E-state index < -0.39 is 6.10 Å². The molecular formula is C17H19ClN2O3. The maximum absolute atomic E-state index is 11.1. The molecular weight excluding hydrogens is 316 g/mol. The number of hydrogen-bond donors (Lipinski definition) is 3. The Morgan fingerprint density at radius 1 is 1.26 bits per heavy atom. The predicted molar refractivity (Wildman–Crippen MR) is 92.2 cm³/mol. The van der Waals surface area contributed by atoms with Crippen molar-refractivity contribution in [3.63, 3.8) is 0 Å². The molecule has 23 heavy (non-hydrogen) atoms. The van der Waals surface area contributed by atoms with Gasteiger partial charge >= 0.3 is 0 Å². The Morgan fingerprint density at radius 2 is 2.00 bits per heavy atom. The first-order chi connectivity index (χ1) is 11.0. The molecule has 122 valence electrons. The van der Waals surface area contributed by atoms with E-state index in [4.69, 9.17) is 16.3 Å². The molecule has 2 aromatic rings. The maximum Gasteiger partial charge on any atom is 0.221 e. The van der Waals surface area contributed by atoms with Crippen molar-refractivity contribution in [3.05, 3.63) is 53.6 Å². The fraction of sp³-hybridized carbons (Fsp3) is 0.235. The molecule has 0 radical (unpaired) electrons. The lowest BCUT2D eigenvalue weighted by molar-refractivity contribution is -0.114. The summed E-state index contributed by atoms with van der Waals surface area (Å²) < 4.78 is 5.48. The predicted octanol–water partition coefficient (Wildman–Crippen LogP) is 3.15. The number of anilines is 2. The number of carbonyl (C=O) groups is 1. The van der Waals surface area contributed by atoms with Crippen LogP contribution >= 0.6 is 11.6 Å². The molecule has 5 nitrogen and oxygen atoms in total. The highest BCUT2D eigenvalue weighted by atomic mass is 35.5. The van der Waals surface area contributed by atoms with E-state index in [1.54, 1.807) is 18.2 Å². The monoisotopic (exact) mass is 334 g/mol. The normalized spacial score (nSPS) is 11.6. The smallest absolute Gasteiger partial charge is 0.221 e. The third kappa shape index (κ3) is 5.81. The zero-order chi connectivity index (χ0) is 16.7. The molecule has 3 N–H and O–H groups in total. The van der Waals surface area contributed by atoms with E-state index in [9.17, 15) is 9.90 Å². The van der Waals surface area contributed by atoms with E-state index in [0.29, 0.717) is 22.1 Å². The topological polar surface area (TPSA) is 70.6 Å². The van der Waals surface area contributed by atoms with Gasteiger partial charge in [-0.05, 0) is 30.3 Å². The highest BCUT2D eigenvalue weighted by molar-refractivity contribution is 6.33. The molecule has 0 bridgehead atoms. The van der Waals surface area contributed by atoms with Crippen LogP contribution in [0.3, 0.4) is 0 Å². The summed E-state index contributed by atoms with van der Waals surface area (Å²) in [6.07, 6.45) is -0.698. The number of aliphatic hydroxyl groups is 1. The second-order valence-corrected chi connectivity index (χ2v) is 5.44. The molecule has 0 saturated heterocycles. The van der Waals surface area contributed by atoms with Crippen LogP contribution in [0, 0.1) is 0 Å². The number of hydrogen-bond acceptors (Lipinski definition) is 4. The van der Waals surface area contributed by atoms with Crippen LogP contribution in [0.15, 0.2) is 48.5 Å². The Bertz CT molecular complexity index is 650. The molecule has 0 aliphatic rings. The summed E-state index contributed by atoms with van der Waals surface area (Å²) >= 11 is 6.10. The summed E-state index contributed by atoms with van der Waals surface area (Å²) in [5, 5.41) is 16.2. The van der Waals surface area contributed by atoms with Crippen molar-refractivity contribution in [3.8, 4) is 5.75 Å². The lowest BCUT2D eigenvalue weighted by atomic mass is 10.2. The molecule has 2 rings (SSSR count). The number of para-hydroxylation sites is 1. The number of rotatable bonds is 7. The van der Waals surface area contributed by atoms with Gasteiger partial charge in [0.2, 0.25) is 5.91 Å². The van der Waals surface area contributed by atoms with Crippen molar-refractivity contribution < 1.29 is 14.6 Å². The van der Waals surface area contributed by atoms with Crippen LogP contribution in [0.4, 0.5) is 11.4 Å². The second-order valence-electron chi connectivity index (χ2n) is 5.03. The minimum Gasteiger partial charge on any atom is -0.491 e. The first-order valence-corrected chi connectivity index (χ1v) is 7.59. The van der Waals surface area contributed by atoms with Gasteiger partial charge in [0.1, 0.15) is 18.5 Å². The van der Waals surface area contributed by atoms with E-state index in [1.807, 2.05) is 30.3 Å². The van der Waals surface area contributed by atoms with Gasteiger partial charge in [0.25, 0.3) is 0 Å². The molecule has 1 amide bonds. The summed E-state index contributed by atoms with van der Waals surface area (Å²) in [6.45, 7) is 1.88. The number of halogens is 1. The van der Waals surface area contributed by atoms with E-state index in [0.717, 1.165) is 0 Å². The lowest BCUT2D eigenvalue weighted by Crippen LogP contribution is -2.26. The third-order valence-corrected chi connectivity index (χ3v) is 3.33.